The van der Waals surface area contributed by atoms with Crippen molar-refractivity contribution >= 4 is 11.9 Å². The number of methoxy groups -OCH3 is 1. The van der Waals surface area contributed by atoms with Crippen molar-refractivity contribution in [3.63, 3.8) is 0 Å². The summed E-state index contributed by atoms with van der Waals surface area (Å²) in [6.07, 6.45) is -0.182. The average molecular weight is 331 g/mol. The number of ether oxygens (including phenoxy) is 3. The Labute approximate surface area is 132 Å². The lowest BCUT2D eigenvalue weighted by atomic mass is 10.2. The van der Waals surface area contributed by atoms with Crippen molar-refractivity contribution in [1.82, 2.24) is 5.32 Å². The number of esters is 1. The first-order chi connectivity index (χ1) is 10.8. The Kier molecular flexibility index (Phi) is 7.24. The Bertz CT molecular complexity index is 549. The first kappa shape index (κ1) is 18.7. The molecule has 0 fully saturated rings. The van der Waals surface area contributed by atoms with Gasteiger partial charge in [0.15, 0.2) is 11.5 Å². The second kappa shape index (κ2) is 8.92. The molecular weight excluding hydrogens is 312 g/mol. The van der Waals surface area contributed by atoms with Crippen LogP contribution in [-0.2, 0) is 9.53 Å². The molecule has 23 heavy (non-hydrogen) atoms. The van der Waals surface area contributed by atoms with E-state index in [1.165, 1.54) is 25.3 Å². The van der Waals surface area contributed by atoms with Crippen molar-refractivity contribution in [1.29, 1.82) is 0 Å². The molecule has 1 aromatic carbocycles. The fourth-order valence-corrected chi connectivity index (χ4v) is 1.70. The van der Waals surface area contributed by atoms with Gasteiger partial charge < -0.3 is 19.5 Å². The predicted molar refractivity (Wildman–Crippen MR) is 77.8 cm³/mol. The highest BCUT2D eigenvalue weighted by atomic mass is 19.3. The van der Waals surface area contributed by atoms with E-state index >= 15 is 0 Å². The summed E-state index contributed by atoms with van der Waals surface area (Å²) in [7, 11) is 1.28. The van der Waals surface area contributed by atoms with Gasteiger partial charge in [-0.15, -0.1) is 0 Å². The largest absolute Gasteiger partial charge is 0.493 e. The van der Waals surface area contributed by atoms with Gasteiger partial charge >= 0.3 is 12.6 Å². The molecule has 0 heterocycles. The van der Waals surface area contributed by atoms with Gasteiger partial charge in [-0.3, -0.25) is 9.59 Å². The Balaban J connectivity index is 2.61. The molecule has 0 unspecified atom stereocenters. The lowest BCUT2D eigenvalue weighted by molar-refractivity contribution is -0.147. The van der Waals surface area contributed by atoms with Crippen LogP contribution in [0.3, 0.4) is 0 Å². The summed E-state index contributed by atoms with van der Waals surface area (Å²) < 4.78 is 38.6. The molecule has 0 atom stereocenters. The van der Waals surface area contributed by atoms with Crippen LogP contribution < -0.4 is 14.8 Å². The molecule has 128 valence electrons. The van der Waals surface area contributed by atoms with Crippen molar-refractivity contribution in [2.75, 3.05) is 13.7 Å². The molecule has 1 N–H and O–H groups in total. The average Bonchev–Trinajstić information content (AvgIpc) is 2.46. The molecule has 1 aromatic rings. The van der Waals surface area contributed by atoms with Crippen LogP contribution >= 0.6 is 0 Å². The zero-order valence-corrected chi connectivity index (χ0v) is 13.1. The van der Waals surface area contributed by atoms with Crippen LogP contribution in [0.15, 0.2) is 18.2 Å². The minimum absolute atomic E-state index is 0.0113. The maximum Gasteiger partial charge on any atom is 0.387 e. The highest BCUT2D eigenvalue weighted by molar-refractivity contribution is 5.95. The summed E-state index contributed by atoms with van der Waals surface area (Å²) in [5.74, 6) is -1.04. The summed E-state index contributed by atoms with van der Waals surface area (Å²) in [5.41, 5.74) is 0.195. The molecule has 0 aromatic heterocycles. The number of carbonyl (C=O) groups excluding carboxylic acids is 2. The zero-order chi connectivity index (χ0) is 17.4. The normalized spacial score (nSPS) is 10.6. The number of rotatable bonds is 8. The molecule has 0 aliphatic carbocycles. The van der Waals surface area contributed by atoms with E-state index in [9.17, 15) is 18.4 Å². The summed E-state index contributed by atoms with van der Waals surface area (Å²) in [4.78, 5) is 23.3. The van der Waals surface area contributed by atoms with Crippen molar-refractivity contribution in [3.05, 3.63) is 23.8 Å². The lowest BCUT2D eigenvalue weighted by Gasteiger charge is -2.12. The van der Waals surface area contributed by atoms with E-state index in [0.717, 1.165) is 0 Å². The fourth-order valence-electron chi connectivity index (χ4n) is 1.70. The maximum absolute atomic E-state index is 12.2. The minimum Gasteiger partial charge on any atom is -0.493 e. The molecule has 0 bridgehead atoms. The second-order valence-corrected chi connectivity index (χ2v) is 4.79. The molecule has 8 heteroatoms. The van der Waals surface area contributed by atoms with Crippen LogP contribution in [-0.4, -0.2) is 38.2 Å². The molecule has 0 radical (unpaired) electrons. The number of alkyl halides is 2. The minimum atomic E-state index is -2.99. The Morgan fingerprint density at radius 1 is 1.22 bits per heavy atom. The fraction of sp³-hybridized carbons (Fsp3) is 0.467. The summed E-state index contributed by atoms with van der Waals surface area (Å²) in [6.45, 7) is 0.565. The van der Waals surface area contributed by atoms with Crippen LogP contribution in [0.5, 0.6) is 11.5 Å². The first-order valence-corrected chi connectivity index (χ1v) is 6.94. The third kappa shape index (κ3) is 6.50. The standard InChI is InChI=1S/C15H19F2NO5/c1-9(2)22-13(19)6-7-18-14(20)10-4-5-11(23-15(16)17)12(8-10)21-3/h4-5,8-9,15H,6-7H2,1-3H3,(H,18,20). The smallest absolute Gasteiger partial charge is 0.387 e. The molecule has 6 nitrogen and oxygen atoms in total. The van der Waals surface area contributed by atoms with Crippen molar-refractivity contribution < 1.29 is 32.6 Å². The highest BCUT2D eigenvalue weighted by Crippen LogP contribution is 2.29. The van der Waals surface area contributed by atoms with E-state index in [0.29, 0.717) is 0 Å². The molecule has 0 aliphatic heterocycles. The van der Waals surface area contributed by atoms with Crippen LogP contribution in [0.2, 0.25) is 0 Å². The summed E-state index contributed by atoms with van der Waals surface area (Å²) >= 11 is 0. The van der Waals surface area contributed by atoms with Crippen LogP contribution in [0.25, 0.3) is 0 Å². The summed E-state index contributed by atoms with van der Waals surface area (Å²) in [6, 6.07) is 3.81. The maximum atomic E-state index is 12.2. The summed E-state index contributed by atoms with van der Waals surface area (Å²) in [5, 5.41) is 2.53. The quantitative estimate of drug-likeness (QED) is 0.740. The Morgan fingerprint density at radius 3 is 2.48 bits per heavy atom. The van der Waals surface area contributed by atoms with Crippen molar-refractivity contribution in [2.45, 2.75) is 33.0 Å². The number of hydrogen-bond donors (Lipinski definition) is 1. The van der Waals surface area contributed by atoms with E-state index in [2.05, 4.69) is 10.1 Å². The van der Waals surface area contributed by atoms with E-state index < -0.39 is 18.5 Å². The first-order valence-electron chi connectivity index (χ1n) is 6.94. The van der Waals surface area contributed by atoms with Crippen LogP contribution in [0.1, 0.15) is 30.6 Å². The monoisotopic (exact) mass is 331 g/mol. The lowest BCUT2D eigenvalue weighted by Crippen LogP contribution is -2.27. The van der Waals surface area contributed by atoms with E-state index in [1.54, 1.807) is 13.8 Å². The van der Waals surface area contributed by atoms with Gasteiger partial charge in [-0.25, -0.2) is 0 Å². The van der Waals surface area contributed by atoms with Crippen molar-refractivity contribution in [2.24, 2.45) is 0 Å². The number of hydrogen-bond acceptors (Lipinski definition) is 5. The van der Waals surface area contributed by atoms with Gasteiger partial charge in [-0.05, 0) is 32.0 Å². The van der Waals surface area contributed by atoms with Gasteiger partial charge in [-0.1, -0.05) is 0 Å². The molecule has 1 rings (SSSR count). The third-order valence-electron chi connectivity index (χ3n) is 2.62. The van der Waals surface area contributed by atoms with E-state index in [-0.39, 0.29) is 36.1 Å². The molecular formula is C15H19F2NO5. The number of carbonyl (C=O) groups is 2. The molecule has 0 aliphatic rings. The Hall–Kier alpha value is -2.38. The molecule has 1 amide bonds. The number of amides is 1. The SMILES string of the molecule is COc1cc(C(=O)NCCC(=O)OC(C)C)ccc1OC(F)F. The van der Waals surface area contributed by atoms with Crippen LogP contribution in [0, 0.1) is 0 Å². The zero-order valence-electron chi connectivity index (χ0n) is 13.1. The van der Waals surface area contributed by atoms with Gasteiger partial charge in [0.05, 0.1) is 19.6 Å². The highest BCUT2D eigenvalue weighted by Gasteiger charge is 2.14. The third-order valence-corrected chi connectivity index (χ3v) is 2.62. The van der Waals surface area contributed by atoms with Gasteiger partial charge in [-0.2, -0.15) is 8.78 Å². The topological polar surface area (TPSA) is 73.9 Å². The van der Waals surface area contributed by atoms with Gasteiger partial charge in [0.25, 0.3) is 5.91 Å². The van der Waals surface area contributed by atoms with E-state index in [1.807, 2.05) is 0 Å². The van der Waals surface area contributed by atoms with E-state index in [4.69, 9.17) is 9.47 Å². The van der Waals surface area contributed by atoms with Crippen molar-refractivity contribution in [3.8, 4) is 11.5 Å². The predicted octanol–water partition coefficient (Wildman–Crippen LogP) is 2.37. The molecule has 0 spiro atoms. The van der Waals surface area contributed by atoms with Gasteiger partial charge in [0.1, 0.15) is 0 Å². The number of nitrogens with one attached hydrogen (secondary N) is 1. The number of halogens is 2. The molecule has 0 saturated carbocycles. The van der Waals surface area contributed by atoms with Gasteiger partial charge in [0, 0.05) is 12.1 Å². The second-order valence-electron chi connectivity index (χ2n) is 4.79. The number of benzene rings is 1. The van der Waals surface area contributed by atoms with Crippen LogP contribution in [0.4, 0.5) is 8.78 Å². The van der Waals surface area contributed by atoms with Gasteiger partial charge in [0.2, 0.25) is 0 Å². The molecule has 0 saturated heterocycles. The Morgan fingerprint density at radius 2 is 1.91 bits per heavy atom.